The fourth-order valence-electron chi connectivity index (χ4n) is 2.08. The molecule has 0 saturated carbocycles. The number of hydrogen-bond acceptors (Lipinski definition) is 2. The molecule has 0 aromatic heterocycles. The second kappa shape index (κ2) is 4.35. The number of rotatable bonds is 2. The summed E-state index contributed by atoms with van der Waals surface area (Å²) in [6.07, 6.45) is 0. The largest absolute Gasteiger partial charge is 0.465 e. The molecule has 2 nitrogen and oxygen atoms in total. The first-order valence-electron chi connectivity index (χ1n) is 6.35. The van der Waals surface area contributed by atoms with Crippen LogP contribution in [0.15, 0.2) is 24.3 Å². The van der Waals surface area contributed by atoms with Crippen LogP contribution in [-0.2, 0) is 9.31 Å². The van der Waals surface area contributed by atoms with E-state index in [9.17, 15) is 4.39 Å². The first kappa shape index (κ1) is 13.6. The van der Waals surface area contributed by atoms with Crippen LogP contribution in [-0.4, -0.2) is 18.3 Å². The molecule has 1 unspecified atom stereocenters. The smallest absolute Gasteiger partial charge is 0.403 e. The summed E-state index contributed by atoms with van der Waals surface area (Å²) in [6, 6.07) is 6.78. The molecular formula is C14H20BFO2. The minimum Gasteiger partial charge on any atom is -0.403 e. The average molecular weight is 250 g/mol. The van der Waals surface area contributed by atoms with Crippen LogP contribution in [0, 0.1) is 5.82 Å². The summed E-state index contributed by atoms with van der Waals surface area (Å²) in [4.78, 5) is 0. The molecule has 1 heterocycles. The molecule has 0 aliphatic carbocycles. The van der Waals surface area contributed by atoms with Crippen molar-refractivity contribution in [2.45, 2.75) is 51.6 Å². The molecule has 0 radical (unpaired) electrons. The zero-order valence-corrected chi connectivity index (χ0v) is 11.7. The van der Waals surface area contributed by atoms with E-state index in [-0.39, 0.29) is 22.8 Å². The molecule has 0 bridgehead atoms. The first-order valence-corrected chi connectivity index (χ1v) is 6.35. The van der Waals surface area contributed by atoms with Gasteiger partial charge in [0.05, 0.1) is 11.2 Å². The van der Waals surface area contributed by atoms with Crippen LogP contribution in [0.1, 0.15) is 46.0 Å². The Morgan fingerprint density at radius 2 is 1.56 bits per heavy atom. The van der Waals surface area contributed by atoms with Crippen LogP contribution < -0.4 is 0 Å². The van der Waals surface area contributed by atoms with Crippen molar-refractivity contribution in [3.8, 4) is 0 Å². The summed E-state index contributed by atoms with van der Waals surface area (Å²) in [5.41, 5.74) is -0.120. The third-order valence-corrected chi connectivity index (χ3v) is 4.08. The van der Waals surface area contributed by atoms with Gasteiger partial charge in [0.15, 0.2) is 0 Å². The molecule has 1 aliphatic rings. The van der Waals surface area contributed by atoms with Crippen LogP contribution in [0.4, 0.5) is 4.39 Å². The Labute approximate surface area is 109 Å². The van der Waals surface area contributed by atoms with E-state index in [1.54, 1.807) is 12.1 Å². The van der Waals surface area contributed by atoms with Crippen LogP contribution in [0.5, 0.6) is 0 Å². The molecule has 4 heteroatoms. The second-order valence-electron chi connectivity index (χ2n) is 5.93. The van der Waals surface area contributed by atoms with E-state index in [1.807, 2.05) is 40.7 Å². The zero-order valence-electron chi connectivity index (χ0n) is 11.7. The van der Waals surface area contributed by atoms with Gasteiger partial charge in [0, 0.05) is 5.82 Å². The quantitative estimate of drug-likeness (QED) is 0.747. The van der Waals surface area contributed by atoms with E-state index in [0.29, 0.717) is 5.56 Å². The second-order valence-corrected chi connectivity index (χ2v) is 5.93. The van der Waals surface area contributed by atoms with Gasteiger partial charge in [0.2, 0.25) is 0 Å². The van der Waals surface area contributed by atoms with E-state index < -0.39 is 7.12 Å². The highest BCUT2D eigenvalue weighted by Crippen LogP contribution is 2.40. The van der Waals surface area contributed by atoms with Gasteiger partial charge >= 0.3 is 7.12 Å². The van der Waals surface area contributed by atoms with E-state index in [0.717, 1.165) is 0 Å². The van der Waals surface area contributed by atoms with Crippen molar-refractivity contribution in [2.75, 3.05) is 0 Å². The topological polar surface area (TPSA) is 18.5 Å². The monoisotopic (exact) mass is 250 g/mol. The standard InChI is InChI=1S/C14H20BFO2/c1-10(11-8-6-7-9-12(11)16)15-17-13(2,3)14(4,5)18-15/h6-10H,1-5H3. The molecule has 1 saturated heterocycles. The summed E-state index contributed by atoms with van der Waals surface area (Å²) >= 11 is 0. The summed E-state index contributed by atoms with van der Waals surface area (Å²) in [5, 5.41) is 0. The molecule has 2 rings (SSSR count). The zero-order chi connectivity index (χ0) is 13.6. The van der Waals surface area contributed by atoms with Gasteiger partial charge in [0.1, 0.15) is 5.82 Å². The third-order valence-electron chi connectivity index (χ3n) is 4.08. The lowest BCUT2D eigenvalue weighted by atomic mass is 9.69. The number of halogens is 1. The van der Waals surface area contributed by atoms with Crippen molar-refractivity contribution < 1.29 is 13.7 Å². The SMILES string of the molecule is CC(B1OC(C)(C)C(C)(C)O1)c1ccccc1F. The van der Waals surface area contributed by atoms with E-state index in [4.69, 9.17) is 9.31 Å². The molecular weight excluding hydrogens is 230 g/mol. The Hall–Kier alpha value is -0.865. The fourth-order valence-corrected chi connectivity index (χ4v) is 2.08. The maximum Gasteiger partial charge on any atom is 0.465 e. The van der Waals surface area contributed by atoms with Gasteiger partial charge in [-0.3, -0.25) is 0 Å². The number of benzene rings is 1. The Balaban J connectivity index is 2.23. The van der Waals surface area contributed by atoms with Crippen molar-refractivity contribution in [3.63, 3.8) is 0 Å². The molecule has 1 aromatic rings. The Morgan fingerprint density at radius 1 is 1.06 bits per heavy atom. The summed E-state index contributed by atoms with van der Waals surface area (Å²) in [5.74, 6) is -0.341. The highest BCUT2D eigenvalue weighted by molar-refractivity contribution is 6.47. The van der Waals surface area contributed by atoms with Crippen molar-refractivity contribution in [1.82, 2.24) is 0 Å². The highest BCUT2D eigenvalue weighted by Gasteiger charge is 2.53. The number of hydrogen-bond donors (Lipinski definition) is 0. The lowest BCUT2D eigenvalue weighted by molar-refractivity contribution is 0.00578. The van der Waals surface area contributed by atoms with Gasteiger partial charge in [0.25, 0.3) is 0 Å². The molecule has 1 fully saturated rings. The maximum atomic E-state index is 13.8. The molecule has 0 amide bonds. The lowest BCUT2D eigenvalue weighted by Gasteiger charge is -2.32. The Bertz CT molecular complexity index is 429. The Kier molecular flexibility index (Phi) is 3.28. The van der Waals surface area contributed by atoms with Gasteiger partial charge in [-0.05, 0) is 39.3 Å². The van der Waals surface area contributed by atoms with Crippen LogP contribution in [0.2, 0.25) is 0 Å². The minimum absolute atomic E-state index is 0.132. The molecule has 18 heavy (non-hydrogen) atoms. The molecule has 98 valence electrons. The van der Waals surface area contributed by atoms with E-state index in [1.165, 1.54) is 6.07 Å². The predicted octanol–water partition coefficient (Wildman–Crippen LogP) is 3.56. The molecule has 0 spiro atoms. The summed E-state index contributed by atoms with van der Waals surface area (Å²) in [6.45, 7) is 9.94. The van der Waals surface area contributed by atoms with Crippen molar-refractivity contribution >= 4 is 7.12 Å². The van der Waals surface area contributed by atoms with Crippen LogP contribution in [0.25, 0.3) is 0 Å². The van der Waals surface area contributed by atoms with E-state index in [2.05, 4.69) is 0 Å². The van der Waals surface area contributed by atoms with Crippen molar-refractivity contribution in [3.05, 3.63) is 35.6 Å². The third kappa shape index (κ3) is 2.19. The summed E-state index contributed by atoms with van der Waals surface area (Å²) in [7, 11) is -0.410. The van der Waals surface area contributed by atoms with Crippen LogP contribution in [0.3, 0.4) is 0 Å². The van der Waals surface area contributed by atoms with Gasteiger partial charge in [-0.15, -0.1) is 0 Å². The van der Waals surface area contributed by atoms with E-state index >= 15 is 0 Å². The summed E-state index contributed by atoms with van der Waals surface area (Å²) < 4.78 is 25.7. The van der Waals surface area contributed by atoms with Gasteiger partial charge in [-0.1, -0.05) is 25.1 Å². The molecule has 1 aromatic carbocycles. The Morgan fingerprint density at radius 3 is 2.06 bits per heavy atom. The van der Waals surface area contributed by atoms with Crippen molar-refractivity contribution in [1.29, 1.82) is 0 Å². The van der Waals surface area contributed by atoms with Gasteiger partial charge < -0.3 is 9.31 Å². The molecule has 1 aliphatic heterocycles. The lowest BCUT2D eigenvalue weighted by Crippen LogP contribution is -2.41. The molecule has 1 atom stereocenters. The van der Waals surface area contributed by atoms with Crippen LogP contribution >= 0.6 is 0 Å². The first-order chi connectivity index (χ1) is 8.24. The fraction of sp³-hybridized carbons (Fsp3) is 0.571. The maximum absolute atomic E-state index is 13.8. The highest BCUT2D eigenvalue weighted by atomic mass is 19.1. The van der Waals surface area contributed by atoms with Gasteiger partial charge in [-0.25, -0.2) is 4.39 Å². The van der Waals surface area contributed by atoms with Gasteiger partial charge in [-0.2, -0.15) is 0 Å². The minimum atomic E-state index is -0.410. The average Bonchev–Trinajstić information content (AvgIpc) is 2.48. The molecule has 0 N–H and O–H groups in total. The van der Waals surface area contributed by atoms with Crippen molar-refractivity contribution in [2.24, 2.45) is 0 Å². The predicted molar refractivity (Wildman–Crippen MR) is 70.9 cm³/mol. The normalized spacial score (nSPS) is 23.1.